The lowest BCUT2D eigenvalue weighted by Crippen LogP contribution is -2.35. The molecule has 0 bridgehead atoms. The van der Waals surface area contributed by atoms with Crippen molar-refractivity contribution in [3.63, 3.8) is 0 Å². The van der Waals surface area contributed by atoms with Crippen LogP contribution in [-0.2, 0) is 7.05 Å². The highest BCUT2D eigenvalue weighted by Gasteiger charge is 2.19. The van der Waals surface area contributed by atoms with Crippen molar-refractivity contribution in [1.82, 2.24) is 14.5 Å². The van der Waals surface area contributed by atoms with Gasteiger partial charge in [0.05, 0.1) is 5.69 Å². The molecule has 1 aliphatic heterocycles. The number of halogens is 1. The molecule has 0 fully saturated rings. The minimum atomic E-state index is -0.254. The van der Waals surface area contributed by atoms with E-state index >= 15 is 0 Å². The maximum atomic E-state index is 13.6. The molecule has 0 amide bonds. The fourth-order valence-electron chi connectivity index (χ4n) is 3.29. The Kier molecular flexibility index (Phi) is 4.54. The van der Waals surface area contributed by atoms with E-state index in [9.17, 15) is 9.18 Å². The summed E-state index contributed by atoms with van der Waals surface area (Å²) < 4.78 is 15.2. The Labute approximate surface area is 156 Å². The first-order valence-electron chi connectivity index (χ1n) is 8.80. The van der Waals surface area contributed by atoms with Crippen LogP contribution in [0.15, 0.2) is 65.7 Å². The van der Waals surface area contributed by atoms with Gasteiger partial charge < -0.3 is 4.90 Å². The lowest BCUT2D eigenvalue weighted by atomic mass is 10.0. The number of benzene rings is 1. The number of pyridine rings is 1. The molecular weight excluding hydrogens is 343 g/mol. The second-order valence-electron chi connectivity index (χ2n) is 6.52. The van der Waals surface area contributed by atoms with E-state index in [-0.39, 0.29) is 11.4 Å². The highest BCUT2D eigenvalue weighted by Crippen LogP contribution is 2.25. The molecule has 0 atom stereocenters. The van der Waals surface area contributed by atoms with Crippen LogP contribution in [-0.4, -0.2) is 27.6 Å². The lowest BCUT2D eigenvalue weighted by Gasteiger charge is -2.30. The van der Waals surface area contributed by atoms with E-state index in [1.54, 1.807) is 30.1 Å². The largest absolute Gasteiger partial charge is 0.338 e. The van der Waals surface area contributed by atoms with Gasteiger partial charge in [0.1, 0.15) is 5.82 Å². The molecule has 0 radical (unpaired) electrons. The van der Waals surface area contributed by atoms with Gasteiger partial charge in [0.2, 0.25) is 5.95 Å². The number of hydrogen-bond acceptors (Lipinski definition) is 4. The maximum Gasteiger partial charge on any atom is 0.255 e. The van der Waals surface area contributed by atoms with Gasteiger partial charge in [-0.25, -0.2) is 9.37 Å². The average Bonchev–Trinajstić information content (AvgIpc) is 2.71. The molecule has 0 N–H and O–H groups in total. The molecular formula is C21H19FN4O. The van der Waals surface area contributed by atoms with Gasteiger partial charge in [0, 0.05) is 44.2 Å². The lowest BCUT2D eigenvalue weighted by molar-refractivity contribution is 0.627. The summed E-state index contributed by atoms with van der Waals surface area (Å²) in [5, 5.41) is 0. The summed E-state index contributed by atoms with van der Waals surface area (Å²) in [5.41, 5.74) is 3.24. The fourth-order valence-corrected chi connectivity index (χ4v) is 3.29. The first kappa shape index (κ1) is 17.1. The third kappa shape index (κ3) is 3.51. The molecule has 0 saturated heterocycles. The van der Waals surface area contributed by atoms with Crippen LogP contribution in [0.3, 0.4) is 0 Å². The molecule has 0 spiro atoms. The molecule has 0 saturated carbocycles. The van der Waals surface area contributed by atoms with E-state index in [4.69, 9.17) is 4.98 Å². The average molecular weight is 362 g/mol. The molecule has 1 aromatic carbocycles. The monoisotopic (exact) mass is 362 g/mol. The molecule has 3 aromatic rings. The second-order valence-corrected chi connectivity index (χ2v) is 6.52. The predicted molar refractivity (Wildman–Crippen MR) is 104 cm³/mol. The van der Waals surface area contributed by atoms with Gasteiger partial charge in [-0.3, -0.25) is 14.3 Å². The van der Waals surface area contributed by atoms with Gasteiger partial charge in [-0.05, 0) is 41.8 Å². The van der Waals surface area contributed by atoms with Crippen molar-refractivity contribution in [3.8, 4) is 11.3 Å². The van der Waals surface area contributed by atoms with Crippen LogP contribution in [0.2, 0.25) is 0 Å². The summed E-state index contributed by atoms with van der Waals surface area (Å²) in [5.74, 6) is 0.354. The van der Waals surface area contributed by atoms with Gasteiger partial charge in [-0.15, -0.1) is 0 Å². The fraction of sp³-hybridized carbons (Fsp3) is 0.190. The molecule has 3 heterocycles. The molecule has 0 aliphatic carbocycles. The highest BCUT2D eigenvalue weighted by atomic mass is 19.1. The number of aromatic nitrogens is 3. The Morgan fingerprint density at radius 1 is 1.07 bits per heavy atom. The third-order valence-corrected chi connectivity index (χ3v) is 4.72. The normalized spacial score (nSPS) is 14.1. The van der Waals surface area contributed by atoms with Gasteiger partial charge in [0.25, 0.3) is 5.56 Å². The van der Waals surface area contributed by atoms with Crippen molar-refractivity contribution in [1.29, 1.82) is 0 Å². The quantitative estimate of drug-likeness (QED) is 0.718. The molecule has 4 rings (SSSR count). The summed E-state index contributed by atoms with van der Waals surface area (Å²) in [6.07, 6.45) is 6.29. The molecule has 1 aliphatic rings. The van der Waals surface area contributed by atoms with Crippen LogP contribution < -0.4 is 10.5 Å². The van der Waals surface area contributed by atoms with E-state index in [1.807, 2.05) is 18.2 Å². The standard InChI is InChI=1S/C21H19FN4O/c1-25-20(27)13-19(15-7-9-23-10-8-15)24-21(25)26-11-3-5-17(14-26)16-4-2-6-18(22)12-16/h2,4-10,12-13H,3,11,14H2,1H3. The van der Waals surface area contributed by atoms with Crippen molar-refractivity contribution >= 4 is 11.5 Å². The Balaban J connectivity index is 1.70. The van der Waals surface area contributed by atoms with Gasteiger partial charge in [-0.2, -0.15) is 0 Å². The molecule has 5 nitrogen and oxygen atoms in total. The first-order valence-corrected chi connectivity index (χ1v) is 8.80. The Bertz CT molecular complexity index is 1060. The van der Waals surface area contributed by atoms with E-state index in [2.05, 4.69) is 16.0 Å². The van der Waals surface area contributed by atoms with Crippen LogP contribution in [0, 0.1) is 5.82 Å². The topological polar surface area (TPSA) is 51.0 Å². The van der Waals surface area contributed by atoms with Gasteiger partial charge in [-0.1, -0.05) is 18.2 Å². The zero-order chi connectivity index (χ0) is 18.8. The minimum absolute atomic E-state index is 0.117. The van der Waals surface area contributed by atoms with Crippen molar-refractivity contribution in [2.24, 2.45) is 7.05 Å². The number of anilines is 1. The number of nitrogens with zero attached hydrogens (tertiary/aromatic N) is 4. The summed E-state index contributed by atoms with van der Waals surface area (Å²) in [6, 6.07) is 11.8. The van der Waals surface area contributed by atoms with E-state index in [0.29, 0.717) is 18.2 Å². The molecule has 136 valence electrons. The minimum Gasteiger partial charge on any atom is -0.338 e. The SMILES string of the molecule is Cn1c(N2CCC=C(c3cccc(F)c3)C2)nc(-c2ccncc2)cc1=O. The Hall–Kier alpha value is -3.28. The summed E-state index contributed by atoms with van der Waals surface area (Å²) in [7, 11) is 1.72. The van der Waals surface area contributed by atoms with E-state index < -0.39 is 0 Å². The number of rotatable bonds is 3. The van der Waals surface area contributed by atoms with Crippen LogP contribution >= 0.6 is 0 Å². The number of hydrogen-bond donors (Lipinski definition) is 0. The van der Waals surface area contributed by atoms with Crippen molar-refractivity contribution in [2.75, 3.05) is 18.0 Å². The van der Waals surface area contributed by atoms with Gasteiger partial charge >= 0.3 is 0 Å². The Morgan fingerprint density at radius 3 is 2.67 bits per heavy atom. The molecule has 6 heteroatoms. The van der Waals surface area contributed by atoms with Crippen LogP contribution in [0.25, 0.3) is 16.8 Å². The Morgan fingerprint density at radius 2 is 1.89 bits per heavy atom. The zero-order valence-electron chi connectivity index (χ0n) is 15.0. The molecule has 2 aromatic heterocycles. The summed E-state index contributed by atoms with van der Waals surface area (Å²) in [6.45, 7) is 1.32. The first-order chi connectivity index (χ1) is 13.1. The zero-order valence-corrected chi connectivity index (χ0v) is 15.0. The summed E-state index contributed by atoms with van der Waals surface area (Å²) >= 11 is 0. The molecule has 0 unspecified atom stereocenters. The van der Waals surface area contributed by atoms with Crippen LogP contribution in [0.5, 0.6) is 0 Å². The van der Waals surface area contributed by atoms with Crippen molar-refractivity contribution in [2.45, 2.75) is 6.42 Å². The smallest absolute Gasteiger partial charge is 0.255 e. The second kappa shape index (κ2) is 7.15. The maximum absolute atomic E-state index is 13.6. The summed E-state index contributed by atoms with van der Waals surface area (Å²) in [4.78, 5) is 23.3. The van der Waals surface area contributed by atoms with Gasteiger partial charge in [0.15, 0.2) is 0 Å². The van der Waals surface area contributed by atoms with E-state index in [0.717, 1.165) is 29.7 Å². The van der Waals surface area contributed by atoms with Crippen molar-refractivity contribution < 1.29 is 4.39 Å². The van der Waals surface area contributed by atoms with Crippen molar-refractivity contribution in [3.05, 3.63) is 82.7 Å². The van der Waals surface area contributed by atoms with Crippen LogP contribution in [0.4, 0.5) is 10.3 Å². The third-order valence-electron chi connectivity index (χ3n) is 4.72. The van der Waals surface area contributed by atoms with E-state index in [1.165, 1.54) is 18.2 Å². The molecule has 27 heavy (non-hydrogen) atoms. The van der Waals surface area contributed by atoms with Crippen LogP contribution in [0.1, 0.15) is 12.0 Å². The highest BCUT2D eigenvalue weighted by molar-refractivity contribution is 5.71. The predicted octanol–water partition coefficient (Wildman–Crippen LogP) is 3.28.